The molecule has 0 bridgehead atoms. The normalized spacial score (nSPS) is 12.3. The highest BCUT2D eigenvalue weighted by Gasteiger charge is 2.19. The van der Waals surface area contributed by atoms with Gasteiger partial charge in [0.1, 0.15) is 5.75 Å². The molecule has 114 valence electrons. The molecule has 1 aliphatic rings. The molecule has 1 aromatic heterocycles. The summed E-state index contributed by atoms with van der Waals surface area (Å²) in [5, 5.41) is 6.91. The molecule has 4 rings (SSSR count). The van der Waals surface area contributed by atoms with Crippen LogP contribution in [0.1, 0.15) is 10.5 Å². The maximum Gasteiger partial charge on any atom is 0.364 e. The van der Waals surface area contributed by atoms with Gasteiger partial charge in [-0.05, 0) is 18.2 Å². The predicted octanol–water partition coefficient (Wildman–Crippen LogP) is 1.87. The lowest BCUT2D eigenvalue weighted by Gasteiger charge is -2.06. The number of aromatic amines is 1. The molecule has 0 spiro atoms. The molecule has 3 aromatic rings. The van der Waals surface area contributed by atoms with Gasteiger partial charge in [-0.25, -0.2) is 9.89 Å². The zero-order valence-electron chi connectivity index (χ0n) is 11.7. The van der Waals surface area contributed by atoms with Gasteiger partial charge >= 0.3 is 5.97 Å². The topological polar surface area (TPSA) is 90.5 Å². The van der Waals surface area contributed by atoms with E-state index in [1.807, 2.05) is 0 Å². The number of H-pyrrole nitrogens is 1. The van der Waals surface area contributed by atoms with Crippen LogP contribution in [-0.2, 0) is 0 Å². The second kappa shape index (κ2) is 5.13. The van der Waals surface area contributed by atoms with E-state index in [4.69, 9.17) is 14.2 Å². The molecular weight excluding hydrogens is 300 g/mol. The first-order chi connectivity index (χ1) is 11.2. The van der Waals surface area contributed by atoms with Crippen LogP contribution in [0.2, 0.25) is 0 Å². The Morgan fingerprint density at radius 3 is 2.74 bits per heavy atom. The number of esters is 1. The molecule has 0 fully saturated rings. The second-order valence-corrected chi connectivity index (χ2v) is 4.85. The van der Waals surface area contributed by atoms with Crippen LogP contribution in [0.4, 0.5) is 0 Å². The Morgan fingerprint density at radius 1 is 1.09 bits per heavy atom. The van der Waals surface area contributed by atoms with E-state index in [2.05, 4.69) is 10.2 Å². The van der Waals surface area contributed by atoms with Crippen molar-refractivity contribution in [3.63, 3.8) is 0 Å². The quantitative estimate of drug-likeness (QED) is 0.574. The molecule has 0 atom stereocenters. The van der Waals surface area contributed by atoms with E-state index in [1.54, 1.807) is 42.5 Å². The van der Waals surface area contributed by atoms with Crippen LogP contribution in [0.25, 0.3) is 10.8 Å². The molecule has 23 heavy (non-hydrogen) atoms. The summed E-state index contributed by atoms with van der Waals surface area (Å²) in [6, 6.07) is 11.5. The van der Waals surface area contributed by atoms with Gasteiger partial charge in [-0.15, -0.1) is 0 Å². The van der Waals surface area contributed by atoms with E-state index >= 15 is 0 Å². The van der Waals surface area contributed by atoms with Crippen molar-refractivity contribution in [2.45, 2.75) is 0 Å². The number of hydrogen-bond donors (Lipinski definition) is 1. The lowest BCUT2D eigenvalue weighted by molar-refractivity contribution is 0.0729. The summed E-state index contributed by atoms with van der Waals surface area (Å²) in [5.41, 5.74) is -0.321. The van der Waals surface area contributed by atoms with Crippen molar-refractivity contribution >= 4 is 16.7 Å². The van der Waals surface area contributed by atoms with Gasteiger partial charge in [0.05, 0.1) is 5.39 Å². The molecule has 2 heterocycles. The summed E-state index contributed by atoms with van der Waals surface area (Å²) < 4.78 is 15.7. The highest BCUT2D eigenvalue weighted by molar-refractivity contribution is 6.02. The lowest BCUT2D eigenvalue weighted by atomic mass is 10.1. The van der Waals surface area contributed by atoms with Gasteiger partial charge in [0, 0.05) is 11.5 Å². The van der Waals surface area contributed by atoms with Crippen LogP contribution in [0.5, 0.6) is 17.2 Å². The van der Waals surface area contributed by atoms with Crippen molar-refractivity contribution < 1.29 is 19.0 Å². The molecule has 2 aromatic carbocycles. The molecule has 0 radical (unpaired) electrons. The third-order valence-electron chi connectivity index (χ3n) is 3.44. The Hall–Kier alpha value is -3.35. The number of carbonyl (C=O) groups excluding carboxylic acids is 1. The van der Waals surface area contributed by atoms with Crippen LogP contribution < -0.4 is 19.8 Å². The van der Waals surface area contributed by atoms with Gasteiger partial charge in [-0.3, -0.25) is 4.79 Å². The second-order valence-electron chi connectivity index (χ2n) is 4.85. The van der Waals surface area contributed by atoms with Gasteiger partial charge in [0.15, 0.2) is 17.2 Å². The van der Waals surface area contributed by atoms with E-state index in [1.165, 1.54) is 0 Å². The first-order valence-corrected chi connectivity index (χ1v) is 6.81. The molecular formula is C16H10N2O5. The molecule has 7 heteroatoms. The van der Waals surface area contributed by atoms with Gasteiger partial charge in [-0.2, -0.15) is 5.10 Å². The molecule has 1 aliphatic heterocycles. The third-order valence-corrected chi connectivity index (χ3v) is 3.44. The molecule has 1 N–H and O–H groups in total. The minimum absolute atomic E-state index is 0.0397. The van der Waals surface area contributed by atoms with Crippen LogP contribution in [0, 0.1) is 0 Å². The summed E-state index contributed by atoms with van der Waals surface area (Å²) in [4.78, 5) is 24.1. The Bertz CT molecular complexity index is 980. The van der Waals surface area contributed by atoms with Crippen LogP contribution in [0.15, 0.2) is 47.3 Å². The number of fused-ring (bicyclic) bond motifs is 2. The fourth-order valence-electron chi connectivity index (χ4n) is 2.37. The Balaban J connectivity index is 1.70. The molecule has 0 aliphatic carbocycles. The third kappa shape index (κ3) is 2.28. The van der Waals surface area contributed by atoms with Crippen LogP contribution >= 0.6 is 0 Å². The van der Waals surface area contributed by atoms with E-state index in [0.717, 1.165) is 0 Å². The highest BCUT2D eigenvalue weighted by Crippen LogP contribution is 2.35. The Labute approximate surface area is 129 Å². The average Bonchev–Trinajstić information content (AvgIpc) is 3.03. The predicted molar refractivity (Wildman–Crippen MR) is 79.9 cm³/mol. The first-order valence-electron chi connectivity index (χ1n) is 6.81. The minimum atomic E-state index is -0.670. The largest absolute Gasteiger partial charge is 0.454 e. The Kier molecular flexibility index (Phi) is 2.97. The SMILES string of the molecule is O=C(Oc1ccc2c(c1)OCO2)c1n[nH]c(=O)c2ccccc12. The highest BCUT2D eigenvalue weighted by atomic mass is 16.7. The fourth-order valence-corrected chi connectivity index (χ4v) is 2.37. The molecule has 7 nitrogen and oxygen atoms in total. The smallest absolute Gasteiger partial charge is 0.364 e. The molecule has 0 saturated heterocycles. The van der Waals surface area contributed by atoms with Crippen molar-refractivity contribution in [3.8, 4) is 17.2 Å². The van der Waals surface area contributed by atoms with Crippen molar-refractivity contribution in [3.05, 3.63) is 58.5 Å². The number of aromatic nitrogens is 2. The van der Waals surface area contributed by atoms with Crippen molar-refractivity contribution in [2.75, 3.05) is 6.79 Å². The van der Waals surface area contributed by atoms with Gasteiger partial charge < -0.3 is 14.2 Å². The zero-order valence-corrected chi connectivity index (χ0v) is 11.7. The maximum absolute atomic E-state index is 12.4. The standard InChI is InChI=1S/C16H10N2O5/c19-15-11-4-2-1-3-10(11)14(17-18-15)16(20)23-9-5-6-12-13(7-9)22-8-21-12/h1-7H,8H2,(H,18,19). The fraction of sp³-hybridized carbons (Fsp3) is 0.0625. The van der Waals surface area contributed by atoms with Crippen LogP contribution in [-0.4, -0.2) is 23.0 Å². The average molecular weight is 310 g/mol. The summed E-state index contributed by atoms with van der Waals surface area (Å²) >= 11 is 0. The lowest BCUT2D eigenvalue weighted by Crippen LogP contribution is -2.17. The van der Waals surface area contributed by atoms with Gasteiger partial charge in [0.25, 0.3) is 5.56 Å². The monoisotopic (exact) mass is 310 g/mol. The van der Waals surface area contributed by atoms with Gasteiger partial charge in [0.2, 0.25) is 6.79 Å². The number of carbonyl (C=O) groups is 1. The summed E-state index contributed by atoms with van der Waals surface area (Å²) in [7, 11) is 0. The zero-order chi connectivity index (χ0) is 15.8. The Morgan fingerprint density at radius 2 is 1.87 bits per heavy atom. The summed E-state index contributed by atoms with van der Waals surface area (Å²) in [6.45, 7) is 0.138. The summed E-state index contributed by atoms with van der Waals surface area (Å²) in [5.74, 6) is 0.736. The number of hydrogen-bond acceptors (Lipinski definition) is 6. The number of rotatable bonds is 2. The molecule has 0 saturated carbocycles. The first kappa shape index (κ1) is 13.3. The number of nitrogens with one attached hydrogen (secondary N) is 1. The molecule has 0 amide bonds. The van der Waals surface area contributed by atoms with Crippen molar-refractivity contribution in [2.24, 2.45) is 0 Å². The van der Waals surface area contributed by atoms with E-state index in [-0.39, 0.29) is 18.0 Å². The molecule has 0 unspecified atom stereocenters. The number of ether oxygens (including phenoxy) is 3. The minimum Gasteiger partial charge on any atom is -0.454 e. The van der Waals surface area contributed by atoms with E-state index in [0.29, 0.717) is 28.0 Å². The van der Waals surface area contributed by atoms with E-state index in [9.17, 15) is 9.59 Å². The number of nitrogens with zero attached hydrogens (tertiary/aromatic N) is 1. The van der Waals surface area contributed by atoms with Gasteiger partial charge in [-0.1, -0.05) is 18.2 Å². The van der Waals surface area contributed by atoms with Crippen molar-refractivity contribution in [1.29, 1.82) is 0 Å². The van der Waals surface area contributed by atoms with Crippen molar-refractivity contribution in [1.82, 2.24) is 10.2 Å². The summed E-state index contributed by atoms with van der Waals surface area (Å²) in [6.07, 6.45) is 0. The maximum atomic E-state index is 12.4. The number of benzene rings is 2. The van der Waals surface area contributed by atoms with Crippen LogP contribution in [0.3, 0.4) is 0 Å². The van der Waals surface area contributed by atoms with E-state index < -0.39 is 5.97 Å².